The maximum atomic E-state index is 7.25. The van der Waals surface area contributed by atoms with Gasteiger partial charge in [-0.1, -0.05) is 20.3 Å². The minimum atomic E-state index is 0.426. The molecule has 2 N–H and O–H groups in total. The van der Waals surface area contributed by atoms with Crippen LogP contribution in [0.25, 0.3) is 0 Å². The Morgan fingerprint density at radius 3 is 2.17 bits per heavy atom. The van der Waals surface area contributed by atoms with E-state index in [2.05, 4.69) is 13.8 Å². The van der Waals surface area contributed by atoms with E-state index >= 15 is 0 Å². The van der Waals surface area contributed by atoms with Crippen molar-refractivity contribution in [2.75, 3.05) is 0 Å². The third-order valence-corrected chi connectivity index (χ3v) is 2.50. The molecule has 0 aliphatic heterocycles. The third-order valence-electron chi connectivity index (χ3n) is 2.50. The van der Waals surface area contributed by atoms with Gasteiger partial charge in [0, 0.05) is 0 Å². The first-order valence-corrected chi connectivity index (χ1v) is 4.79. The normalized spacial score (nSPS) is 15.2. The third kappa shape index (κ3) is 3.65. The largest absolute Gasteiger partial charge is 0.313 e. The van der Waals surface area contributed by atoms with Crippen LogP contribution in [0.15, 0.2) is 0 Å². The second-order valence-corrected chi connectivity index (χ2v) is 3.19. The molecule has 2 heteroatoms. The molecule has 0 radical (unpaired) electrons. The quantitative estimate of drug-likeness (QED) is 0.549. The van der Waals surface area contributed by atoms with Crippen LogP contribution in [0.2, 0.25) is 0 Å². The van der Waals surface area contributed by atoms with Crippen LogP contribution in [-0.2, 0) is 0 Å². The highest BCUT2D eigenvalue weighted by atomic mass is 14.4. The van der Waals surface area contributed by atoms with E-state index in [0.717, 1.165) is 25.7 Å². The van der Waals surface area contributed by atoms with Crippen LogP contribution in [0, 0.1) is 22.7 Å². The molecule has 0 amide bonds. The predicted octanol–water partition coefficient (Wildman–Crippen LogP) is 3.12. The van der Waals surface area contributed by atoms with Crippen molar-refractivity contribution in [2.24, 2.45) is 11.8 Å². The molecule has 0 aromatic heterocycles. The summed E-state index contributed by atoms with van der Waals surface area (Å²) >= 11 is 0. The second-order valence-electron chi connectivity index (χ2n) is 3.19. The Morgan fingerprint density at radius 1 is 1.17 bits per heavy atom. The zero-order valence-electron chi connectivity index (χ0n) is 8.14. The molecule has 2 atom stereocenters. The van der Waals surface area contributed by atoms with Crippen LogP contribution in [-0.4, -0.2) is 12.4 Å². The summed E-state index contributed by atoms with van der Waals surface area (Å²) < 4.78 is 0. The molecule has 12 heavy (non-hydrogen) atoms. The monoisotopic (exact) mass is 168 g/mol. The Hall–Kier alpha value is -0.660. The van der Waals surface area contributed by atoms with Crippen LogP contribution < -0.4 is 0 Å². The van der Waals surface area contributed by atoms with E-state index < -0.39 is 0 Å². The summed E-state index contributed by atoms with van der Waals surface area (Å²) in [6, 6.07) is 0. The highest BCUT2D eigenvalue weighted by molar-refractivity contribution is 5.57. The van der Waals surface area contributed by atoms with Crippen LogP contribution in [0.5, 0.6) is 0 Å². The molecule has 0 aliphatic carbocycles. The van der Waals surface area contributed by atoms with Crippen LogP contribution >= 0.6 is 0 Å². The maximum Gasteiger partial charge on any atom is -0.00141 e. The second kappa shape index (κ2) is 7.01. The van der Waals surface area contributed by atoms with Crippen molar-refractivity contribution in [1.29, 1.82) is 10.8 Å². The Balaban J connectivity index is 3.91. The topological polar surface area (TPSA) is 47.7 Å². The lowest BCUT2D eigenvalue weighted by atomic mass is 9.85. The fourth-order valence-corrected chi connectivity index (χ4v) is 1.61. The van der Waals surface area contributed by atoms with Crippen molar-refractivity contribution in [1.82, 2.24) is 0 Å². The minimum Gasteiger partial charge on any atom is -0.313 e. The first-order chi connectivity index (χ1) is 5.79. The Kier molecular flexibility index (Phi) is 6.63. The van der Waals surface area contributed by atoms with Gasteiger partial charge < -0.3 is 10.8 Å². The van der Waals surface area contributed by atoms with Crippen LogP contribution in [0.1, 0.15) is 39.5 Å². The molecule has 0 saturated carbocycles. The molecule has 0 aromatic rings. The minimum absolute atomic E-state index is 0.426. The maximum absolute atomic E-state index is 7.25. The van der Waals surface area contributed by atoms with Gasteiger partial charge in [0.05, 0.1) is 0 Å². The molecule has 2 unspecified atom stereocenters. The van der Waals surface area contributed by atoms with E-state index in [0.29, 0.717) is 11.8 Å². The van der Waals surface area contributed by atoms with Gasteiger partial charge in [-0.2, -0.15) is 0 Å². The van der Waals surface area contributed by atoms with Gasteiger partial charge in [-0.25, -0.2) is 0 Å². The summed E-state index contributed by atoms with van der Waals surface area (Å²) in [6.07, 6.45) is 7.15. The molecule has 2 nitrogen and oxygen atoms in total. The average Bonchev–Trinajstić information content (AvgIpc) is 2.12. The van der Waals surface area contributed by atoms with E-state index in [1.54, 1.807) is 6.21 Å². The zero-order valence-corrected chi connectivity index (χ0v) is 8.14. The molecule has 0 saturated heterocycles. The number of hydrogen-bond donors (Lipinski definition) is 2. The summed E-state index contributed by atoms with van der Waals surface area (Å²) in [5.74, 6) is 1.03. The van der Waals surface area contributed by atoms with Crippen LogP contribution in [0.3, 0.4) is 0 Å². The van der Waals surface area contributed by atoms with Crippen LogP contribution in [0.4, 0.5) is 0 Å². The van der Waals surface area contributed by atoms with Crippen molar-refractivity contribution in [3.63, 3.8) is 0 Å². The van der Waals surface area contributed by atoms with E-state index in [9.17, 15) is 0 Å². The van der Waals surface area contributed by atoms with Crippen molar-refractivity contribution >= 4 is 12.4 Å². The molecule has 0 aliphatic rings. The SMILES string of the molecule is CCC(C=N)C(CC)CCC=N. The summed E-state index contributed by atoms with van der Waals surface area (Å²) in [5, 5.41) is 14.2. The van der Waals surface area contributed by atoms with Gasteiger partial charge in [-0.05, 0) is 43.5 Å². The standard InChI is InChI=1S/C10H20N2/c1-3-9(6-5-7-11)10(4-2)8-12/h7-12H,3-6H2,1-2H3. The molecule has 0 aromatic carbocycles. The van der Waals surface area contributed by atoms with E-state index in [1.165, 1.54) is 6.21 Å². The van der Waals surface area contributed by atoms with Gasteiger partial charge in [-0.15, -0.1) is 0 Å². The number of hydrogen-bond acceptors (Lipinski definition) is 2. The smallest absolute Gasteiger partial charge is 0.00141 e. The fraction of sp³-hybridized carbons (Fsp3) is 0.800. The molecular weight excluding hydrogens is 148 g/mol. The van der Waals surface area contributed by atoms with Gasteiger partial charge >= 0.3 is 0 Å². The molecule has 0 fully saturated rings. The van der Waals surface area contributed by atoms with Crippen molar-refractivity contribution in [3.8, 4) is 0 Å². The van der Waals surface area contributed by atoms with Gasteiger partial charge in [0.15, 0.2) is 0 Å². The predicted molar refractivity (Wildman–Crippen MR) is 54.4 cm³/mol. The van der Waals surface area contributed by atoms with E-state index in [1.807, 2.05) is 0 Å². The highest BCUT2D eigenvalue weighted by Crippen LogP contribution is 2.21. The molecule has 70 valence electrons. The fourth-order valence-electron chi connectivity index (χ4n) is 1.61. The zero-order chi connectivity index (χ0) is 9.40. The number of rotatable bonds is 7. The van der Waals surface area contributed by atoms with Gasteiger partial charge in [0.1, 0.15) is 0 Å². The first-order valence-electron chi connectivity index (χ1n) is 4.79. The Bertz CT molecular complexity index is 132. The highest BCUT2D eigenvalue weighted by Gasteiger charge is 2.14. The lowest BCUT2D eigenvalue weighted by Crippen LogP contribution is -2.14. The van der Waals surface area contributed by atoms with Gasteiger partial charge in [0.2, 0.25) is 0 Å². The van der Waals surface area contributed by atoms with Gasteiger partial charge in [0.25, 0.3) is 0 Å². The van der Waals surface area contributed by atoms with Crippen molar-refractivity contribution in [3.05, 3.63) is 0 Å². The Morgan fingerprint density at radius 2 is 1.83 bits per heavy atom. The first kappa shape index (κ1) is 11.3. The molecule has 0 spiro atoms. The molecule has 0 heterocycles. The summed E-state index contributed by atoms with van der Waals surface area (Å²) in [4.78, 5) is 0. The summed E-state index contributed by atoms with van der Waals surface area (Å²) in [5.41, 5.74) is 0. The molecule has 0 bridgehead atoms. The lowest BCUT2D eigenvalue weighted by molar-refractivity contribution is 0.380. The van der Waals surface area contributed by atoms with E-state index in [4.69, 9.17) is 10.8 Å². The molecule has 0 rings (SSSR count). The van der Waals surface area contributed by atoms with Crippen molar-refractivity contribution in [2.45, 2.75) is 39.5 Å². The number of nitrogens with one attached hydrogen (secondary N) is 2. The lowest BCUT2D eigenvalue weighted by Gasteiger charge is -2.20. The van der Waals surface area contributed by atoms with E-state index in [-0.39, 0.29) is 0 Å². The van der Waals surface area contributed by atoms with Gasteiger partial charge in [-0.3, -0.25) is 0 Å². The van der Waals surface area contributed by atoms with Crippen molar-refractivity contribution < 1.29 is 0 Å². The summed E-state index contributed by atoms with van der Waals surface area (Å²) in [6.45, 7) is 4.30. The summed E-state index contributed by atoms with van der Waals surface area (Å²) in [7, 11) is 0. The average molecular weight is 168 g/mol. The molecular formula is C10H20N2. The Labute approximate surface area is 75.4 Å².